The van der Waals surface area contributed by atoms with Gasteiger partial charge in [0.1, 0.15) is 0 Å². The van der Waals surface area contributed by atoms with Gasteiger partial charge in [-0.25, -0.2) is 0 Å². The van der Waals surface area contributed by atoms with Crippen molar-refractivity contribution in [1.82, 2.24) is 15.1 Å². The molecular weight excluding hydrogens is 250 g/mol. The van der Waals surface area contributed by atoms with E-state index in [0.717, 1.165) is 25.2 Å². The van der Waals surface area contributed by atoms with Crippen molar-refractivity contribution in [3.05, 3.63) is 0 Å². The Morgan fingerprint density at radius 1 is 1.10 bits per heavy atom. The van der Waals surface area contributed by atoms with E-state index in [1.54, 1.807) is 0 Å². The van der Waals surface area contributed by atoms with Gasteiger partial charge in [0.05, 0.1) is 6.10 Å². The molecule has 4 nitrogen and oxygen atoms in total. The number of nitrogens with zero attached hydrogens (tertiary/aromatic N) is 2. The van der Waals surface area contributed by atoms with Crippen LogP contribution < -0.4 is 5.32 Å². The van der Waals surface area contributed by atoms with Gasteiger partial charge in [-0.15, -0.1) is 0 Å². The minimum Gasteiger partial charge on any atom is -0.390 e. The quantitative estimate of drug-likeness (QED) is 0.790. The molecule has 0 aromatic carbocycles. The van der Waals surface area contributed by atoms with E-state index in [-0.39, 0.29) is 6.10 Å². The summed E-state index contributed by atoms with van der Waals surface area (Å²) >= 11 is 0. The molecule has 0 aromatic rings. The molecule has 0 amide bonds. The summed E-state index contributed by atoms with van der Waals surface area (Å²) in [5.74, 6) is 0. The summed E-state index contributed by atoms with van der Waals surface area (Å²) < 4.78 is 0. The maximum absolute atomic E-state index is 10.2. The lowest BCUT2D eigenvalue weighted by Crippen LogP contribution is -2.55. The van der Waals surface area contributed by atoms with E-state index in [1.807, 2.05) is 0 Å². The van der Waals surface area contributed by atoms with E-state index in [1.165, 1.54) is 58.0 Å². The van der Waals surface area contributed by atoms with Gasteiger partial charge in [0.2, 0.25) is 0 Å². The smallest absolute Gasteiger partial charge is 0.0791 e. The number of likely N-dealkylation sites (tertiary alicyclic amines) is 1. The fraction of sp³-hybridized carbons (Fsp3) is 1.00. The molecule has 4 heteroatoms. The van der Waals surface area contributed by atoms with Crippen LogP contribution >= 0.6 is 0 Å². The summed E-state index contributed by atoms with van der Waals surface area (Å²) in [6.07, 6.45) is 9.07. The molecule has 2 bridgehead atoms. The Bertz CT molecular complexity index is 292. The molecule has 0 radical (unpaired) electrons. The second-order valence-corrected chi connectivity index (χ2v) is 7.14. The molecule has 116 valence electrons. The van der Waals surface area contributed by atoms with Crippen molar-refractivity contribution >= 4 is 0 Å². The molecule has 0 spiro atoms. The largest absolute Gasteiger partial charge is 0.390 e. The standard InChI is InChI=1S/C16H31N3O/c1-18-14-5-4-6-15(18)10-13(9-14)17-11-16(20)12-19-7-2-3-8-19/h13-17,20H,2-12H2,1H3. The summed E-state index contributed by atoms with van der Waals surface area (Å²) in [6.45, 7) is 3.97. The highest BCUT2D eigenvalue weighted by Crippen LogP contribution is 2.32. The molecule has 3 fully saturated rings. The van der Waals surface area contributed by atoms with Gasteiger partial charge >= 0.3 is 0 Å². The van der Waals surface area contributed by atoms with Gasteiger partial charge < -0.3 is 20.2 Å². The third kappa shape index (κ3) is 3.53. The second-order valence-electron chi connectivity index (χ2n) is 7.14. The number of hydrogen-bond donors (Lipinski definition) is 2. The molecule has 3 heterocycles. The number of fused-ring (bicyclic) bond motifs is 2. The number of nitrogens with one attached hydrogen (secondary N) is 1. The van der Waals surface area contributed by atoms with Crippen molar-refractivity contribution in [1.29, 1.82) is 0 Å². The topological polar surface area (TPSA) is 38.7 Å². The van der Waals surface area contributed by atoms with E-state index in [0.29, 0.717) is 6.04 Å². The Kier molecular flexibility index (Phi) is 4.97. The van der Waals surface area contributed by atoms with E-state index in [9.17, 15) is 5.11 Å². The van der Waals surface area contributed by atoms with E-state index in [2.05, 4.69) is 22.2 Å². The number of aliphatic hydroxyl groups is 1. The van der Waals surface area contributed by atoms with Gasteiger partial charge in [0, 0.05) is 31.2 Å². The van der Waals surface area contributed by atoms with E-state index in [4.69, 9.17) is 0 Å². The molecule has 2 N–H and O–H groups in total. The number of hydrogen-bond acceptors (Lipinski definition) is 4. The average molecular weight is 281 g/mol. The third-order valence-electron chi connectivity index (χ3n) is 5.65. The van der Waals surface area contributed by atoms with E-state index >= 15 is 0 Å². The monoisotopic (exact) mass is 281 g/mol. The molecule has 3 aliphatic rings. The Hall–Kier alpha value is -0.160. The Morgan fingerprint density at radius 2 is 1.75 bits per heavy atom. The van der Waals surface area contributed by atoms with Crippen LogP contribution in [0.15, 0.2) is 0 Å². The Balaban J connectivity index is 1.40. The maximum atomic E-state index is 10.2. The van der Waals surface area contributed by atoms with Crippen LogP contribution in [0.1, 0.15) is 44.9 Å². The van der Waals surface area contributed by atoms with Gasteiger partial charge in [0.25, 0.3) is 0 Å². The van der Waals surface area contributed by atoms with Crippen molar-refractivity contribution in [2.45, 2.75) is 69.2 Å². The lowest BCUT2D eigenvalue weighted by molar-refractivity contribution is 0.0428. The van der Waals surface area contributed by atoms with Crippen LogP contribution in [0.3, 0.4) is 0 Å². The molecule has 3 atom stereocenters. The number of rotatable bonds is 5. The van der Waals surface area contributed by atoms with Crippen LogP contribution in [-0.2, 0) is 0 Å². The zero-order chi connectivity index (χ0) is 13.9. The fourth-order valence-electron chi connectivity index (χ4n) is 4.41. The Morgan fingerprint density at radius 3 is 2.40 bits per heavy atom. The predicted octanol–water partition coefficient (Wildman–Crippen LogP) is 1.05. The fourth-order valence-corrected chi connectivity index (χ4v) is 4.41. The first kappa shape index (κ1) is 14.8. The van der Waals surface area contributed by atoms with Gasteiger partial charge in [-0.2, -0.15) is 0 Å². The van der Waals surface area contributed by atoms with Gasteiger partial charge in [0.15, 0.2) is 0 Å². The van der Waals surface area contributed by atoms with Crippen LogP contribution in [0.4, 0.5) is 0 Å². The van der Waals surface area contributed by atoms with Crippen LogP contribution in [-0.4, -0.2) is 72.4 Å². The summed E-state index contributed by atoms with van der Waals surface area (Å²) in [7, 11) is 2.30. The first-order chi connectivity index (χ1) is 9.72. The molecule has 20 heavy (non-hydrogen) atoms. The highest BCUT2D eigenvalue weighted by Gasteiger charge is 2.35. The minimum absolute atomic E-state index is 0.201. The average Bonchev–Trinajstić information content (AvgIpc) is 2.89. The van der Waals surface area contributed by atoms with Crippen molar-refractivity contribution < 1.29 is 5.11 Å². The van der Waals surface area contributed by atoms with Gasteiger partial charge in [-0.3, -0.25) is 0 Å². The van der Waals surface area contributed by atoms with Crippen molar-refractivity contribution in [2.24, 2.45) is 0 Å². The maximum Gasteiger partial charge on any atom is 0.0791 e. The molecule has 3 rings (SSSR count). The van der Waals surface area contributed by atoms with Crippen LogP contribution in [0.2, 0.25) is 0 Å². The summed E-state index contributed by atoms with van der Waals surface area (Å²) in [5, 5.41) is 13.8. The van der Waals surface area contributed by atoms with E-state index < -0.39 is 0 Å². The number of β-amino-alcohol motifs (C(OH)–C–C–N with tert-alkyl or cyclic N) is 1. The zero-order valence-corrected chi connectivity index (χ0v) is 12.9. The van der Waals surface area contributed by atoms with Gasteiger partial charge in [-0.1, -0.05) is 6.42 Å². The molecule has 0 aromatic heterocycles. The zero-order valence-electron chi connectivity index (χ0n) is 12.9. The van der Waals surface area contributed by atoms with Gasteiger partial charge in [-0.05, 0) is 58.7 Å². The first-order valence-corrected chi connectivity index (χ1v) is 8.58. The molecule has 3 saturated heterocycles. The van der Waals surface area contributed by atoms with Crippen molar-refractivity contribution in [3.63, 3.8) is 0 Å². The minimum atomic E-state index is -0.201. The lowest BCUT2D eigenvalue weighted by Gasteiger charge is -2.47. The van der Waals surface area contributed by atoms with Crippen LogP contribution in [0, 0.1) is 0 Å². The summed E-state index contributed by atoms with van der Waals surface area (Å²) in [6, 6.07) is 2.17. The SMILES string of the molecule is CN1C2CCCC1CC(NCC(O)CN1CCCC1)C2. The highest BCUT2D eigenvalue weighted by molar-refractivity contribution is 4.93. The highest BCUT2D eigenvalue weighted by atomic mass is 16.3. The summed E-state index contributed by atoms with van der Waals surface area (Å²) in [4.78, 5) is 5.00. The molecule has 3 unspecified atom stereocenters. The molecule has 0 aliphatic carbocycles. The third-order valence-corrected chi connectivity index (χ3v) is 5.65. The second kappa shape index (κ2) is 6.73. The molecule has 0 saturated carbocycles. The van der Waals surface area contributed by atoms with Crippen LogP contribution in [0.5, 0.6) is 0 Å². The lowest BCUT2D eigenvalue weighted by atomic mass is 9.82. The normalized spacial score (nSPS) is 37.2. The molecular formula is C16H31N3O. The first-order valence-electron chi connectivity index (χ1n) is 8.58. The predicted molar refractivity (Wildman–Crippen MR) is 81.9 cm³/mol. The van der Waals surface area contributed by atoms with Crippen molar-refractivity contribution in [2.75, 3.05) is 33.2 Å². The molecule has 3 aliphatic heterocycles. The number of piperidine rings is 2. The Labute approximate surface area is 123 Å². The van der Waals surface area contributed by atoms with Crippen LogP contribution in [0.25, 0.3) is 0 Å². The summed E-state index contributed by atoms with van der Waals surface area (Å²) in [5.41, 5.74) is 0. The van der Waals surface area contributed by atoms with Crippen molar-refractivity contribution in [3.8, 4) is 0 Å². The number of aliphatic hydroxyl groups excluding tert-OH is 1.